The van der Waals surface area contributed by atoms with Crippen molar-refractivity contribution in [3.63, 3.8) is 0 Å². The normalized spacial score (nSPS) is 10.9. The summed E-state index contributed by atoms with van der Waals surface area (Å²) in [5, 5.41) is 0. The molecule has 3 heterocycles. The number of nitrogens with zero attached hydrogens (tertiary/aromatic N) is 3. The van der Waals surface area contributed by atoms with Crippen LogP contribution in [0.25, 0.3) is 22.4 Å². The van der Waals surface area contributed by atoms with E-state index in [0.29, 0.717) is 12.2 Å². The summed E-state index contributed by atoms with van der Waals surface area (Å²) in [6, 6.07) is 7.57. The van der Waals surface area contributed by atoms with Gasteiger partial charge in [-0.05, 0) is 31.2 Å². The second-order valence-electron chi connectivity index (χ2n) is 3.98. The lowest BCUT2D eigenvalue weighted by Gasteiger charge is -2.02. The summed E-state index contributed by atoms with van der Waals surface area (Å²) >= 11 is 0. The first-order valence-corrected chi connectivity index (χ1v) is 5.79. The molecule has 0 amide bonds. The fourth-order valence-electron chi connectivity index (χ4n) is 2.01. The molecule has 5 nitrogen and oxygen atoms in total. The Morgan fingerprint density at radius 1 is 1.22 bits per heavy atom. The van der Waals surface area contributed by atoms with Crippen molar-refractivity contribution in [2.24, 2.45) is 0 Å². The van der Waals surface area contributed by atoms with Gasteiger partial charge in [0.2, 0.25) is 0 Å². The Labute approximate surface area is 103 Å². The summed E-state index contributed by atoms with van der Waals surface area (Å²) in [6.45, 7) is 2.53. The first kappa shape index (κ1) is 10.7. The molecule has 0 atom stereocenters. The molecule has 0 spiro atoms. The van der Waals surface area contributed by atoms with Crippen molar-refractivity contribution in [2.45, 2.75) is 13.5 Å². The SMILES string of the molecule is CCn1c(=O)[nH]c2ccc(-c3ccncc3)nc21. The van der Waals surface area contributed by atoms with Gasteiger partial charge in [-0.15, -0.1) is 0 Å². The summed E-state index contributed by atoms with van der Waals surface area (Å²) in [7, 11) is 0. The average molecular weight is 240 g/mol. The number of fused-ring (bicyclic) bond motifs is 1. The molecule has 3 rings (SSSR count). The van der Waals surface area contributed by atoms with Gasteiger partial charge in [0.1, 0.15) is 0 Å². The number of aromatic nitrogens is 4. The number of hydrogen-bond acceptors (Lipinski definition) is 3. The van der Waals surface area contributed by atoms with E-state index in [2.05, 4.69) is 15.0 Å². The average Bonchev–Trinajstić information content (AvgIpc) is 2.74. The molecule has 90 valence electrons. The van der Waals surface area contributed by atoms with E-state index >= 15 is 0 Å². The van der Waals surface area contributed by atoms with Crippen LogP contribution in [0, 0.1) is 0 Å². The van der Waals surface area contributed by atoms with Crippen molar-refractivity contribution in [3.8, 4) is 11.3 Å². The van der Waals surface area contributed by atoms with Crippen LogP contribution in [-0.2, 0) is 6.54 Å². The molecular weight excluding hydrogens is 228 g/mol. The Kier molecular flexibility index (Phi) is 2.44. The van der Waals surface area contributed by atoms with Crippen molar-refractivity contribution >= 4 is 11.2 Å². The minimum absolute atomic E-state index is 0.119. The van der Waals surface area contributed by atoms with E-state index in [-0.39, 0.29) is 5.69 Å². The Morgan fingerprint density at radius 2 is 2.00 bits per heavy atom. The molecule has 0 saturated heterocycles. The Morgan fingerprint density at radius 3 is 2.72 bits per heavy atom. The lowest BCUT2D eigenvalue weighted by atomic mass is 10.2. The highest BCUT2D eigenvalue weighted by Gasteiger charge is 2.08. The summed E-state index contributed by atoms with van der Waals surface area (Å²) < 4.78 is 1.63. The monoisotopic (exact) mass is 240 g/mol. The van der Waals surface area contributed by atoms with Crippen LogP contribution >= 0.6 is 0 Å². The van der Waals surface area contributed by atoms with E-state index in [0.717, 1.165) is 16.8 Å². The molecule has 0 aliphatic heterocycles. The number of pyridine rings is 2. The van der Waals surface area contributed by atoms with E-state index in [1.807, 2.05) is 31.2 Å². The van der Waals surface area contributed by atoms with E-state index in [1.165, 1.54) is 0 Å². The highest BCUT2D eigenvalue weighted by molar-refractivity contribution is 5.75. The third-order valence-electron chi connectivity index (χ3n) is 2.91. The number of imidazole rings is 1. The maximum Gasteiger partial charge on any atom is 0.327 e. The van der Waals surface area contributed by atoms with Crippen molar-refractivity contribution in [1.82, 2.24) is 19.5 Å². The minimum atomic E-state index is -0.119. The van der Waals surface area contributed by atoms with Crippen molar-refractivity contribution < 1.29 is 0 Å². The minimum Gasteiger partial charge on any atom is -0.304 e. The molecule has 0 radical (unpaired) electrons. The number of aromatic amines is 1. The maximum absolute atomic E-state index is 11.7. The van der Waals surface area contributed by atoms with Crippen molar-refractivity contribution in [1.29, 1.82) is 0 Å². The topological polar surface area (TPSA) is 63.6 Å². The van der Waals surface area contributed by atoms with Crippen molar-refractivity contribution in [3.05, 3.63) is 47.1 Å². The molecular formula is C13H12N4O. The van der Waals surface area contributed by atoms with Gasteiger partial charge < -0.3 is 4.98 Å². The lowest BCUT2D eigenvalue weighted by molar-refractivity contribution is 0.746. The zero-order valence-electron chi connectivity index (χ0n) is 9.92. The van der Waals surface area contributed by atoms with Gasteiger partial charge in [0, 0.05) is 24.5 Å². The van der Waals surface area contributed by atoms with Crippen LogP contribution in [0.2, 0.25) is 0 Å². The van der Waals surface area contributed by atoms with Crippen LogP contribution in [0.3, 0.4) is 0 Å². The highest BCUT2D eigenvalue weighted by atomic mass is 16.1. The number of aryl methyl sites for hydroxylation is 1. The number of hydrogen-bond donors (Lipinski definition) is 1. The van der Waals surface area contributed by atoms with Gasteiger partial charge in [-0.3, -0.25) is 9.55 Å². The van der Waals surface area contributed by atoms with E-state index in [1.54, 1.807) is 17.0 Å². The summed E-state index contributed by atoms with van der Waals surface area (Å²) in [5.41, 5.74) is 3.16. The Bertz CT molecular complexity index is 743. The number of rotatable bonds is 2. The van der Waals surface area contributed by atoms with Crippen LogP contribution < -0.4 is 5.69 Å². The molecule has 3 aromatic heterocycles. The molecule has 0 aliphatic carbocycles. The molecule has 0 aliphatic rings. The smallest absolute Gasteiger partial charge is 0.304 e. The molecule has 1 N–H and O–H groups in total. The standard InChI is InChI=1S/C13H12N4O/c1-2-17-12-11(16-13(17)18)4-3-10(15-12)9-5-7-14-8-6-9/h3-8H,2H2,1H3,(H,16,18). The fraction of sp³-hybridized carbons (Fsp3) is 0.154. The van der Waals surface area contributed by atoms with E-state index in [4.69, 9.17) is 0 Å². The second kappa shape index (κ2) is 4.10. The Balaban J connectivity index is 2.25. The van der Waals surface area contributed by atoms with Gasteiger partial charge in [0.05, 0.1) is 11.2 Å². The largest absolute Gasteiger partial charge is 0.327 e. The van der Waals surface area contributed by atoms with Gasteiger partial charge in [-0.25, -0.2) is 9.78 Å². The molecule has 3 aromatic rings. The third-order valence-corrected chi connectivity index (χ3v) is 2.91. The molecule has 0 aromatic carbocycles. The van der Waals surface area contributed by atoms with Gasteiger partial charge in [-0.2, -0.15) is 0 Å². The van der Waals surface area contributed by atoms with Crippen LogP contribution in [0.4, 0.5) is 0 Å². The van der Waals surface area contributed by atoms with Gasteiger partial charge in [0.25, 0.3) is 0 Å². The third kappa shape index (κ3) is 1.60. The van der Waals surface area contributed by atoms with Crippen molar-refractivity contribution in [2.75, 3.05) is 0 Å². The van der Waals surface area contributed by atoms with Crippen LogP contribution in [0.15, 0.2) is 41.5 Å². The predicted octanol–water partition coefficient (Wildman–Crippen LogP) is 1.81. The summed E-state index contributed by atoms with van der Waals surface area (Å²) in [5.74, 6) is 0. The second-order valence-corrected chi connectivity index (χ2v) is 3.98. The molecule has 18 heavy (non-hydrogen) atoms. The van der Waals surface area contributed by atoms with Crippen LogP contribution in [-0.4, -0.2) is 19.5 Å². The number of nitrogens with one attached hydrogen (secondary N) is 1. The lowest BCUT2D eigenvalue weighted by Crippen LogP contribution is -2.15. The summed E-state index contributed by atoms with van der Waals surface area (Å²) in [6.07, 6.45) is 3.45. The van der Waals surface area contributed by atoms with Gasteiger partial charge in [-0.1, -0.05) is 0 Å². The molecule has 0 unspecified atom stereocenters. The van der Waals surface area contributed by atoms with Gasteiger partial charge >= 0.3 is 5.69 Å². The zero-order chi connectivity index (χ0) is 12.5. The number of H-pyrrole nitrogens is 1. The van der Waals surface area contributed by atoms with E-state index < -0.39 is 0 Å². The first-order chi connectivity index (χ1) is 8.79. The molecule has 5 heteroatoms. The predicted molar refractivity (Wildman–Crippen MR) is 69.3 cm³/mol. The fourth-order valence-corrected chi connectivity index (χ4v) is 2.01. The van der Waals surface area contributed by atoms with Gasteiger partial charge in [0.15, 0.2) is 5.65 Å². The first-order valence-electron chi connectivity index (χ1n) is 5.79. The summed E-state index contributed by atoms with van der Waals surface area (Å²) in [4.78, 5) is 23.0. The van der Waals surface area contributed by atoms with Crippen LogP contribution in [0.1, 0.15) is 6.92 Å². The zero-order valence-corrected chi connectivity index (χ0v) is 9.92. The molecule has 0 saturated carbocycles. The maximum atomic E-state index is 11.7. The molecule has 0 bridgehead atoms. The van der Waals surface area contributed by atoms with Crippen LogP contribution in [0.5, 0.6) is 0 Å². The molecule has 0 fully saturated rings. The quantitative estimate of drug-likeness (QED) is 0.743. The highest BCUT2D eigenvalue weighted by Crippen LogP contribution is 2.18. The Hall–Kier alpha value is -2.43. The van der Waals surface area contributed by atoms with E-state index in [9.17, 15) is 4.79 Å².